The van der Waals surface area contributed by atoms with Crippen molar-refractivity contribution >= 4 is 24.3 Å². The summed E-state index contributed by atoms with van der Waals surface area (Å²) in [5, 5.41) is 13.6. The van der Waals surface area contributed by atoms with E-state index in [-0.39, 0.29) is 13.2 Å². The number of rotatable bonds is 9. The largest absolute Gasteiger partial charge is 0.497 e. The summed E-state index contributed by atoms with van der Waals surface area (Å²) < 4.78 is 30.7. The van der Waals surface area contributed by atoms with Gasteiger partial charge in [0.05, 0.1) is 37.1 Å². The highest BCUT2D eigenvalue weighted by Gasteiger charge is 2.24. The van der Waals surface area contributed by atoms with Crippen LogP contribution in [0.15, 0.2) is 42.5 Å². The van der Waals surface area contributed by atoms with Crippen molar-refractivity contribution in [2.75, 3.05) is 25.4 Å². The Hall–Kier alpha value is -2.78. The van der Waals surface area contributed by atoms with Gasteiger partial charge in [-0.2, -0.15) is 5.26 Å². The number of methoxy groups -OCH3 is 1. The van der Waals surface area contributed by atoms with Gasteiger partial charge in [-0.05, 0) is 50.6 Å². The van der Waals surface area contributed by atoms with E-state index in [1.165, 1.54) is 0 Å². The predicted octanol–water partition coefficient (Wildman–Crippen LogP) is 5.80. The van der Waals surface area contributed by atoms with Gasteiger partial charge >= 0.3 is 7.75 Å². The fourth-order valence-electron chi connectivity index (χ4n) is 3.50. The maximum absolute atomic E-state index is 12.7. The van der Waals surface area contributed by atoms with Crippen LogP contribution in [-0.2, 0) is 20.2 Å². The Morgan fingerprint density at radius 1 is 1.07 bits per heavy atom. The van der Waals surface area contributed by atoms with Crippen LogP contribution in [0.5, 0.6) is 5.75 Å². The third-order valence-corrected chi connectivity index (χ3v) is 6.45. The topological polar surface area (TPSA) is 85.5 Å². The zero-order chi connectivity index (χ0) is 21.7. The SMILES string of the molecule is CCOP(=O)(Nc1ccc(-c2c(C#N)c3ccc(OC)cc3n2CC)cc1)OCC. The zero-order valence-corrected chi connectivity index (χ0v) is 18.5. The minimum atomic E-state index is -3.41. The van der Waals surface area contributed by atoms with Gasteiger partial charge in [0.15, 0.2) is 0 Å². The van der Waals surface area contributed by atoms with E-state index in [1.54, 1.807) is 33.1 Å². The molecule has 0 spiro atoms. The van der Waals surface area contributed by atoms with Gasteiger partial charge in [0.1, 0.15) is 11.8 Å². The number of benzene rings is 2. The first kappa shape index (κ1) is 21.9. The van der Waals surface area contributed by atoms with Gasteiger partial charge in [0, 0.05) is 23.7 Å². The summed E-state index contributed by atoms with van der Waals surface area (Å²) in [4.78, 5) is 0. The lowest BCUT2D eigenvalue weighted by atomic mass is 10.1. The van der Waals surface area contributed by atoms with E-state index in [0.717, 1.165) is 27.9 Å². The van der Waals surface area contributed by atoms with Crippen LogP contribution >= 0.6 is 7.75 Å². The van der Waals surface area contributed by atoms with Crippen LogP contribution in [0.4, 0.5) is 5.69 Å². The van der Waals surface area contributed by atoms with Crippen molar-refractivity contribution < 1.29 is 18.3 Å². The second-order valence-corrected chi connectivity index (χ2v) is 8.22. The molecule has 7 nitrogen and oxygen atoms in total. The lowest BCUT2D eigenvalue weighted by Gasteiger charge is -2.18. The summed E-state index contributed by atoms with van der Waals surface area (Å²) in [6, 6.07) is 15.5. The molecule has 0 amide bonds. The molecule has 8 heteroatoms. The number of ether oxygens (including phenoxy) is 1. The summed E-state index contributed by atoms with van der Waals surface area (Å²) in [5.41, 5.74) is 3.90. The van der Waals surface area contributed by atoms with Crippen LogP contribution in [0.25, 0.3) is 22.2 Å². The molecule has 0 unspecified atom stereocenters. The van der Waals surface area contributed by atoms with Crippen LogP contribution < -0.4 is 9.82 Å². The summed E-state index contributed by atoms with van der Waals surface area (Å²) in [5.74, 6) is 0.743. The van der Waals surface area contributed by atoms with Crippen LogP contribution in [0, 0.1) is 11.3 Å². The maximum Gasteiger partial charge on any atom is 0.432 e. The van der Waals surface area contributed by atoms with Gasteiger partial charge in [-0.1, -0.05) is 12.1 Å². The Kier molecular flexibility index (Phi) is 6.84. The van der Waals surface area contributed by atoms with E-state index in [0.29, 0.717) is 17.8 Å². The molecule has 0 radical (unpaired) electrons. The number of hydrogen-bond donors (Lipinski definition) is 1. The molecule has 0 aliphatic heterocycles. The Morgan fingerprint density at radius 2 is 1.73 bits per heavy atom. The highest BCUT2D eigenvalue weighted by molar-refractivity contribution is 7.55. The minimum absolute atomic E-state index is 0.272. The molecule has 0 bridgehead atoms. The molecule has 0 atom stereocenters. The normalized spacial score (nSPS) is 11.4. The maximum atomic E-state index is 12.7. The first-order chi connectivity index (χ1) is 14.5. The zero-order valence-electron chi connectivity index (χ0n) is 17.6. The van der Waals surface area contributed by atoms with Gasteiger partial charge in [-0.3, -0.25) is 14.1 Å². The Labute approximate surface area is 176 Å². The molecule has 1 aromatic heterocycles. The third kappa shape index (κ3) is 4.22. The number of nitrogens with one attached hydrogen (secondary N) is 1. The highest BCUT2D eigenvalue weighted by atomic mass is 31.2. The van der Waals surface area contributed by atoms with Crippen molar-refractivity contribution in [1.82, 2.24) is 4.57 Å². The molecular formula is C22H26N3O4P. The molecule has 0 saturated heterocycles. The first-order valence-corrected chi connectivity index (χ1v) is 11.4. The number of nitrogens with zero attached hydrogens (tertiary/aromatic N) is 2. The summed E-state index contributed by atoms with van der Waals surface area (Å²) in [6.45, 7) is 6.81. The van der Waals surface area contributed by atoms with E-state index < -0.39 is 7.75 Å². The number of fused-ring (bicyclic) bond motifs is 1. The van der Waals surface area contributed by atoms with Crippen LogP contribution in [0.1, 0.15) is 26.3 Å². The molecule has 158 valence electrons. The summed E-state index contributed by atoms with van der Waals surface area (Å²) in [7, 11) is -1.79. The Balaban J connectivity index is 2.04. The smallest absolute Gasteiger partial charge is 0.432 e. The van der Waals surface area contributed by atoms with Crippen molar-refractivity contribution in [1.29, 1.82) is 5.26 Å². The van der Waals surface area contributed by atoms with Gasteiger partial charge in [0.25, 0.3) is 0 Å². The van der Waals surface area contributed by atoms with E-state index in [1.807, 2.05) is 37.3 Å². The molecule has 0 aliphatic carbocycles. The number of hydrogen-bond acceptors (Lipinski definition) is 5. The van der Waals surface area contributed by atoms with Gasteiger partial charge in [0.2, 0.25) is 0 Å². The van der Waals surface area contributed by atoms with Crippen molar-refractivity contribution in [2.45, 2.75) is 27.3 Å². The standard InChI is InChI=1S/C22H26N3O4P/c1-5-25-21-14-18(27-4)12-13-19(21)20(15-23)22(25)16-8-10-17(11-9-16)24-30(26,28-6-2)29-7-3/h8-14H,5-7H2,1-4H3,(H,24,26). The fraction of sp³-hybridized carbons (Fsp3) is 0.318. The predicted molar refractivity (Wildman–Crippen MR) is 119 cm³/mol. The molecule has 3 rings (SSSR count). The molecule has 0 aliphatic rings. The lowest BCUT2D eigenvalue weighted by molar-refractivity contribution is 0.225. The molecule has 2 aromatic carbocycles. The summed E-state index contributed by atoms with van der Waals surface area (Å²) >= 11 is 0. The second-order valence-electron chi connectivity index (χ2n) is 6.48. The minimum Gasteiger partial charge on any atom is -0.497 e. The van der Waals surface area contributed by atoms with Crippen LogP contribution in [-0.4, -0.2) is 24.9 Å². The molecule has 30 heavy (non-hydrogen) atoms. The molecule has 0 saturated carbocycles. The molecule has 0 fully saturated rings. The number of anilines is 1. The Bertz CT molecular complexity index is 1110. The highest BCUT2D eigenvalue weighted by Crippen LogP contribution is 2.48. The van der Waals surface area contributed by atoms with Crippen LogP contribution in [0.2, 0.25) is 0 Å². The van der Waals surface area contributed by atoms with Gasteiger partial charge < -0.3 is 9.30 Å². The number of aromatic nitrogens is 1. The molecule has 3 aromatic rings. The number of nitriles is 1. The third-order valence-electron chi connectivity index (χ3n) is 4.72. The quantitative estimate of drug-likeness (QED) is 0.434. The molecular weight excluding hydrogens is 401 g/mol. The average Bonchev–Trinajstić information content (AvgIpc) is 3.07. The van der Waals surface area contributed by atoms with E-state index >= 15 is 0 Å². The Morgan fingerprint density at radius 3 is 2.27 bits per heavy atom. The second kappa shape index (κ2) is 9.36. The van der Waals surface area contributed by atoms with E-state index in [4.69, 9.17) is 13.8 Å². The van der Waals surface area contributed by atoms with Crippen molar-refractivity contribution in [3.8, 4) is 23.1 Å². The lowest BCUT2D eigenvalue weighted by Crippen LogP contribution is -2.05. The monoisotopic (exact) mass is 427 g/mol. The average molecular weight is 427 g/mol. The fourth-order valence-corrected chi connectivity index (χ4v) is 4.85. The first-order valence-electron chi connectivity index (χ1n) is 9.88. The number of aryl methyl sites for hydroxylation is 1. The van der Waals surface area contributed by atoms with E-state index in [9.17, 15) is 9.83 Å². The van der Waals surface area contributed by atoms with Crippen LogP contribution in [0.3, 0.4) is 0 Å². The molecule has 1 heterocycles. The van der Waals surface area contributed by atoms with Gasteiger partial charge in [-0.15, -0.1) is 0 Å². The van der Waals surface area contributed by atoms with Crippen molar-refractivity contribution in [3.05, 3.63) is 48.0 Å². The summed E-state index contributed by atoms with van der Waals surface area (Å²) in [6.07, 6.45) is 0. The molecule has 1 N–H and O–H groups in total. The van der Waals surface area contributed by atoms with E-state index in [2.05, 4.69) is 15.7 Å². The van der Waals surface area contributed by atoms with Crippen molar-refractivity contribution in [3.63, 3.8) is 0 Å². The van der Waals surface area contributed by atoms with Crippen molar-refractivity contribution in [2.24, 2.45) is 0 Å². The van der Waals surface area contributed by atoms with Gasteiger partial charge in [-0.25, -0.2) is 4.57 Å².